The molecule has 2 rings (SSSR count). The Morgan fingerprint density at radius 3 is 2.23 bits per heavy atom. The van der Waals surface area contributed by atoms with Gasteiger partial charge in [-0.3, -0.25) is 13.9 Å². The number of nitrogens with two attached hydrogens (primary N) is 2. The Morgan fingerprint density at radius 2 is 1.73 bits per heavy atom. The molecule has 1 fully saturated rings. The molecule has 0 bridgehead atoms. The molecule has 1 aromatic heterocycles. The summed E-state index contributed by atoms with van der Waals surface area (Å²) in [5, 5.41) is 20.1. The number of hydrogen-bond acceptors (Lipinski definition) is 12. The Balaban J connectivity index is 2.06. The number of aliphatic hydroxyl groups excluding tert-OH is 2. The first-order chi connectivity index (χ1) is 13.5. The fourth-order valence-corrected chi connectivity index (χ4v) is 5.36. The summed E-state index contributed by atoms with van der Waals surface area (Å²) in [5.74, 6) is -1.30. The molecule has 0 spiro atoms. The van der Waals surface area contributed by atoms with Gasteiger partial charge in [-0.05, 0) is 0 Å². The maximum Gasteiger partial charge on any atom is 0.490 e. The minimum absolute atomic E-state index is 0.313. The molecule has 30 heavy (non-hydrogen) atoms. The lowest BCUT2D eigenvalue weighted by atomic mass is 10.1. The lowest BCUT2D eigenvalue weighted by molar-refractivity contribution is -0.0510. The molecule has 2 heterocycles. The van der Waals surface area contributed by atoms with E-state index in [1.54, 1.807) is 0 Å². The summed E-state index contributed by atoms with van der Waals surface area (Å²) in [7, 11) is -16.8. The van der Waals surface area contributed by atoms with E-state index in [-0.39, 0.29) is 11.5 Å². The van der Waals surface area contributed by atoms with Crippen LogP contribution >= 0.6 is 23.5 Å². The number of anilines is 1. The highest BCUT2D eigenvalue weighted by molar-refractivity contribution is 7.66. The largest absolute Gasteiger partial charge is 0.490 e. The number of hydrogen-bond donors (Lipinski definition) is 8. The molecule has 0 saturated carbocycles. The van der Waals surface area contributed by atoms with Gasteiger partial charge in [0.25, 0.3) is 5.91 Å². The van der Waals surface area contributed by atoms with Crippen LogP contribution in [0.15, 0.2) is 6.33 Å². The number of phosphoric ester groups is 1. The number of imidazole rings is 1. The van der Waals surface area contributed by atoms with Gasteiger partial charge in [0.1, 0.15) is 24.1 Å². The van der Waals surface area contributed by atoms with Gasteiger partial charge in [0.2, 0.25) is 0 Å². The van der Waals surface area contributed by atoms with Crippen LogP contribution in [0.2, 0.25) is 0 Å². The highest BCUT2D eigenvalue weighted by atomic mass is 31.3. The molecule has 10 N–H and O–H groups in total. The maximum absolute atomic E-state index is 11.7. The van der Waals surface area contributed by atoms with Crippen LogP contribution in [0, 0.1) is 0 Å². The van der Waals surface area contributed by atoms with Crippen molar-refractivity contribution in [1.82, 2.24) is 9.55 Å². The first kappa shape index (κ1) is 25.0. The molecule has 0 radical (unpaired) electrons. The van der Waals surface area contributed by atoms with E-state index in [9.17, 15) is 33.6 Å². The minimum Gasteiger partial charge on any atom is -0.387 e. The zero-order valence-electron chi connectivity index (χ0n) is 14.4. The quantitative estimate of drug-likeness (QED) is 0.164. The van der Waals surface area contributed by atoms with Crippen LogP contribution < -0.4 is 11.5 Å². The first-order valence-electron chi connectivity index (χ1n) is 7.45. The molecule has 1 aliphatic heterocycles. The maximum atomic E-state index is 11.7. The topological polar surface area (TPSA) is 296 Å². The molecular formula is C9H17N4O14P3. The second-order valence-electron chi connectivity index (χ2n) is 5.68. The zero-order valence-corrected chi connectivity index (χ0v) is 17.1. The van der Waals surface area contributed by atoms with Crippen LogP contribution in [0.25, 0.3) is 0 Å². The van der Waals surface area contributed by atoms with E-state index in [0.29, 0.717) is 0 Å². The normalized spacial score (nSPS) is 28.7. The van der Waals surface area contributed by atoms with E-state index in [0.717, 1.165) is 10.9 Å². The van der Waals surface area contributed by atoms with Gasteiger partial charge in [-0.15, -0.1) is 0 Å². The summed E-state index contributed by atoms with van der Waals surface area (Å²) >= 11 is 0. The predicted octanol–water partition coefficient (Wildman–Crippen LogP) is -2.47. The van der Waals surface area contributed by atoms with Gasteiger partial charge in [-0.2, -0.15) is 8.62 Å². The van der Waals surface area contributed by atoms with Gasteiger partial charge < -0.3 is 46.0 Å². The predicted molar refractivity (Wildman–Crippen MR) is 90.9 cm³/mol. The number of aliphatic hydroxyl groups is 2. The Morgan fingerprint density at radius 1 is 1.13 bits per heavy atom. The van der Waals surface area contributed by atoms with Crippen molar-refractivity contribution < 1.29 is 66.2 Å². The number of primary amides is 1. The van der Waals surface area contributed by atoms with E-state index < -0.39 is 60.5 Å². The second-order valence-corrected chi connectivity index (χ2v) is 10.1. The van der Waals surface area contributed by atoms with E-state index in [4.69, 9.17) is 30.9 Å². The van der Waals surface area contributed by atoms with Crippen LogP contribution in [0.5, 0.6) is 0 Å². The van der Waals surface area contributed by atoms with Crippen molar-refractivity contribution in [1.29, 1.82) is 0 Å². The number of carbonyl (C=O) groups excluding carboxylic acids is 1. The summed E-state index contributed by atoms with van der Waals surface area (Å²) in [4.78, 5) is 50.2. The molecule has 4 unspecified atom stereocenters. The number of nitrogens with zero attached hydrogens (tertiary/aromatic N) is 2. The summed E-state index contributed by atoms with van der Waals surface area (Å²) in [6, 6.07) is 0. The van der Waals surface area contributed by atoms with Gasteiger partial charge in [-0.25, -0.2) is 18.7 Å². The summed E-state index contributed by atoms with van der Waals surface area (Å²) < 4.78 is 51.1. The number of rotatable bonds is 9. The van der Waals surface area contributed by atoms with E-state index in [2.05, 4.69) is 18.1 Å². The summed E-state index contributed by atoms with van der Waals surface area (Å²) in [5.41, 5.74) is 10.4. The number of nitrogen functional groups attached to an aromatic ring is 1. The molecule has 1 amide bonds. The molecule has 172 valence electrons. The highest BCUT2D eigenvalue weighted by Gasteiger charge is 2.47. The Hall–Kier alpha value is -1.23. The zero-order chi connectivity index (χ0) is 23.1. The van der Waals surface area contributed by atoms with Crippen LogP contribution in [0.4, 0.5) is 5.82 Å². The smallest absolute Gasteiger partial charge is 0.387 e. The van der Waals surface area contributed by atoms with Crippen molar-refractivity contribution in [3.05, 3.63) is 12.0 Å². The first-order valence-corrected chi connectivity index (χ1v) is 12.0. The van der Waals surface area contributed by atoms with Gasteiger partial charge in [-0.1, -0.05) is 0 Å². The lowest BCUT2D eigenvalue weighted by Crippen LogP contribution is -2.33. The number of ether oxygens (including phenoxy) is 1. The Bertz CT molecular complexity index is 945. The number of phosphoric acid groups is 3. The third-order valence-electron chi connectivity index (χ3n) is 3.49. The Labute approximate surface area is 166 Å². The van der Waals surface area contributed by atoms with E-state index >= 15 is 0 Å². The molecule has 1 aliphatic rings. The fraction of sp³-hybridized carbons (Fsp3) is 0.556. The molecule has 6 atom stereocenters. The van der Waals surface area contributed by atoms with E-state index in [1.165, 1.54) is 0 Å². The lowest BCUT2D eigenvalue weighted by Gasteiger charge is -2.19. The fourth-order valence-electron chi connectivity index (χ4n) is 2.33. The highest BCUT2D eigenvalue weighted by Crippen LogP contribution is 2.66. The minimum atomic E-state index is -5.72. The summed E-state index contributed by atoms with van der Waals surface area (Å²) in [6.07, 6.45) is -5.44. The van der Waals surface area contributed by atoms with E-state index in [1.807, 2.05) is 0 Å². The molecule has 0 aromatic carbocycles. The van der Waals surface area contributed by atoms with Crippen molar-refractivity contribution in [2.24, 2.45) is 5.73 Å². The average molecular weight is 498 g/mol. The number of amides is 1. The summed E-state index contributed by atoms with van der Waals surface area (Å²) in [6.45, 7) is -1.02. The average Bonchev–Trinajstić information content (AvgIpc) is 3.03. The molecular weight excluding hydrogens is 481 g/mol. The van der Waals surface area contributed by atoms with Crippen molar-refractivity contribution >= 4 is 35.2 Å². The molecule has 1 aromatic rings. The van der Waals surface area contributed by atoms with Crippen LogP contribution in [-0.4, -0.2) is 70.2 Å². The van der Waals surface area contributed by atoms with Crippen LogP contribution in [-0.2, 0) is 31.6 Å². The number of aromatic nitrogens is 2. The monoisotopic (exact) mass is 498 g/mol. The van der Waals surface area contributed by atoms with Gasteiger partial charge in [0.05, 0.1) is 12.9 Å². The third kappa shape index (κ3) is 6.15. The standard InChI is InChI=1S/C9H17N4O14P3/c10-7-4(8(11)16)12-2-13(7)9-6(15)5(14)3(25-9)1-24-29(20,21)27-30(22,23)26-28(17,18)19/h2-3,5-6,9,14-15H,1,10H2,(H2,11,16)(H,20,21)(H,22,23)(H2,17,18,19)/t3-,5?,6?,9-/m1/s1. The second kappa shape index (κ2) is 8.72. The molecule has 1 saturated heterocycles. The van der Waals surface area contributed by atoms with Crippen molar-refractivity contribution in [2.45, 2.75) is 24.5 Å². The van der Waals surface area contributed by atoms with Crippen molar-refractivity contribution in [2.75, 3.05) is 12.3 Å². The molecule has 0 aliphatic carbocycles. The molecule has 21 heteroatoms. The number of carbonyl (C=O) groups is 1. The third-order valence-corrected chi connectivity index (χ3v) is 7.30. The Kier molecular flexibility index (Phi) is 7.28. The SMILES string of the molecule is NC(=O)c1ncn([C@@H]2O[C@H](COP(=O)(O)OP(=O)(O)OP(=O)(O)O)C(O)C2O)c1N. The van der Waals surface area contributed by atoms with Crippen LogP contribution in [0.3, 0.4) is 0 Å². The van der Waals surface area contributed by atoms with Gasteiger partial charge in [0.15, 0.2) is 11.9 Å². The van der Waals surface area contributed by atoms with Crippen molar-refractivity contribution in [3.63, 3.8) is 0 Å². The van der Waals surface area contributed by atoms with Crippen molar-refractivity contribution in [3.8, 4) is 0 Å². The van der Waals surface area contributed by atoms with Crippen LogP contribution in [0.1, 0.15) is 16.7 Å². The molecule has 18 nitrogen and oxygen atoms in total. The van der Waals surface area contributed by atoms with Gasteiger partial charge >= 0.3 is 23.5 Å². The van der Waals surface area contributed by atoms with Gasteiger partial charge in [0, 0.05) is 0 Å².